The zero-order valence-corrected chi connectivity index (χ0v) is 12.9. The van der Waals surface area contributed by atoms with Crippen LogP contribution in [0.15, 0.2) is 55.1 Å². The average Bonchev–Trinajstić information content (AvgIpc) is 2.76. The van der Waals surface area contributed by atoms with Gasteiger partial charge in [0.05, 0.1) is 6.04 Å². The minimum absolute atomic E-state index is 0.151. The molecule has 1 aromatic rings. The largest absolute Gasteiger partial charge is 0.337 e. The van der Waals surface area contributed by atoms with Crippen molar-refractivity contribution in [2.75, 3.05) is 6.54 Å². The van der Waals surface area contributed by atoms with E-state index in [1.165, 1.54) is 5.56 Å². The molecule has 2 aliphatic heterocycles. The summed E-state index contributed by atoms with van der Waals surface area (Å²) in [4.78, 5) is 15.0. The van der Waals surface area contributed by atoms with E-state index in [2.05, 4.69) is 36.2 Å². The molecule has 0 aliphatic carbocycles. The van der Waals surface area contributed by atoms with Gasteiger partial charge in [0.25, 0.3) is 0 Å². The lowest BCUT2D eigenvalue weighted by Gasteiger charge is -2.34. The molecule has 3 rings (SSSR count). The topological polar surface area (TPSA) is 32.3 Å². The molecule has 1 fully saturated rings. The van der Waals surface area contributed by atoms with E-state index in [4.69, 9.17) is 0 Å². The van der Waals surface area contributed by atoms with Crippen molar-refractivity contribution in [2.45, 2.75) is 37.9 Å². The number of hydrogen-bond acceptors (Lipinski definition) is 2. The third-order valence-corrected chi connectivity index (χ3v) is 4.64. The molecule has 2 bridgehead atoms. The summed E-state index contributed by atoms with van der Waals surface area (Å²) in [5, 5.41) is 3.54. The van der Waals surface area contributed by atoms with Crippen LogP contribution in [0.2, 0.25) is 0 Å². The number of rotatable bonds is 3. The summed E-state index contributed by atoms with van der Waals surface area (Å²) in [6.07, 6.45) is 9.34. The number of amides is 1. The highest BCUT2D eigenvalue weighted by atomic mass is 16.2. The average molecular weight is 296 g/mol. The van der Waals surface area contributed by atoms with Crippen molar-refractivity contribution in [3.05, 3.63) is 60.7 Å². The van der Waals surface area contributed by atoms with Gasteiger partial charge >= 0.3 is 0 Å². The van der Waals surface area contributed by atoms with Gasteiger partial charge in [-0.3, -0.25) is 10.1 Å². The van der Waals surface area contributed by atoms with Gasteiger partial charge in [-0.05, 0) is 24.8 Å². The highest BCUT2D eigenvalue weighted by Crippen LogP contribution is 2.22. The van der Waals surface area contributed by atoms with E-state index in [1.54, 1.807) is 0 Å². The third kappa shape index (κ3) is 3.30. The summed E-state index contributed by atoms with van der Waals surface area (Å²) in [6, 6.07) is 10.4. The first-order valence-electron chi connectivity index (χ1n) is 8.16. The number of allylic oxidation sites excluding steroid dienone is 1. The van der Waals surface area contributed by atoms with E-state index >= 15 is 0 Å². The zero-order valence-electron chi connectivity index (χ0n) is 12.9. The summed E-state index contributed by atoms with van der Waals surface area (Å²) in [5.74, 6) is 0.382. The Kier molecular flexibility index (Phi) is 4.74. The number of hydrogen-bond donors (Lipinski definition) is 1. The molecule has 3 nitrogen and oxygen atoms in total. The zero-order chi connectivity index (χ0) is 15.4. The van der Waals surface area contributed by atoms with Crippen LogP contribution in [0.4, 0.5) is 0 Å². The van der Waals surface area contributed by atoms with Crippen LogP contribution in [0.1, 0.15) is 24.8 Å². The molecule has 116 valence electrons. The highest BCUT2D eigenvalue weighted by Gasteiger charge is 2.33. The molecule has 3 heteroatoms. The molecule has 2 aliphatic rings. The van der Waals surface area contributed by atoms with Crippen molar-refractivity contribution in [2.24, 2.45) is 5.92 Å². The van der Waals surface area contributed by atoms with Gasteiger partial charge in [-0.1, -0.05) is 48.6 Å². The molecule has 0 spiro atoms. The van der Waals surface area contributed by atoms with Crippen LogP contribution in [0, 0.1) is 5.92 Å². The molecular formula is C19H24N2O. The fourth-order valence-electron chi connectivity index (χ4n) is 3.38. The van der Waals surface area contributed by atoms with E-state index in [0.29, 0.717) is 12.6 Å². The van der Waals surface area contributed by atoms with E-state index in [0.717, 1.165) is 25.8 Å². The summed E-state index contributed by atoms with van der Waals surface area (Å²) >= 11 is 0. The van der Waals surface area contributed by atoms with Gasteiger partial charge in [0, 0.05) is 25.0 Å². The normalized spacial score (nSPS) is 28.6. The summed E-state index contributed by atoms with van der Waals surface area (Å²) in [7, 11) is 0. The van der Waals surface area contributed by atoms with Crippen molar-refractivity contribution in [1.82, 2.24) is 10.2 Å². The smallest absolute Gasteiger partial charge is 0.240 e. The van der Waals surface area contributed by atoms with Gasteiger partial charge in [0.1, 0.15) is 0 Å². The highest BCUT2D eigenvalue weighted by molar-refractivity contribution is 5.83. The quantitative estimate of drug-likeness (QED) is 0.870. The fourth-order valence-corrected chi connectivity index (χ4v) is 3.38. The lowest BCUT2D eigenvalue weighted by atomic mass is 9.94. The monoisotopic (exact) mass is 296 g/mol. The maximum absolute atomic E-state index is 13.0. The first kappa shape index (κ1) is 15.0. The Labute approximate surface area is 132 Å². The number of nitrogens with zero attached hydrogens (tertiary/aromatic N) is 1. The Morgan fingerprint density at radius 3 is 2.91 bits per heavy atom. The SMILES string of the molecule is C=CC1CC=CC2CCCN(Cc3ccccc3)C(=O)C1N2. The lowest BCUT2D eigenvalue weighted by Crippen LogP contribution is -2.53. The number of fused-ring (bicyclic) bond motifs is 2. The lowest BCUT2D eigenvalue weighted by molar-refractivity contribution is -0.135. The Hall–Kier alpha value is -1.87. The number of nitrogens with one attached hydrogen (secondary N) is 1. The Morgan fingerprint density at radius 2 is 2.14 bits per heavy atom. The molecule has 1 amide bonds. The van der Waals surface area contributed by atoms with E-state index < -0.39 is 0 Å². The van der Waals surface area contributed by atoms with Crippen molar-refractivity contribution < 1.29 is 4.79 Å². The molecule has 3 atom stereocenters. The van der Waals surface area contributed by atoms with Crippen LogP contribution < -0.4 is 5.32 Å². The Bertz CT molecular complexity index is 552. The van der Waals surface area contributed by atoms with Crippen molar-refractivity contribution in [1.29, 1.82) is 0 Å². The van der Waals surface area contributed by atoms with Crippen LogP contribution in [-0.2, 0) is 11.3 Å². The minimum atomic E-state index is -0.151. The number of carbonyl (C=O) groups is 1. The molecule has 3 unspecified atom stereocenters. The van der Waals surface area contributed by atoms with Crippen LogP contribution in [0.5, 0.6) is 0 Å². The fraction of sp³-hybridized carbons (Fsp3) is 0.421. The van der Waals surface area contributed by atoms with Crippen molar-refractivity contribution in [3.63, 3.8) is 0 Å². The standard InChI is InChI=1S/C19H24N2O/c1-2-16-10-6-11-17-12-7-13-21(19(22)18(16)20-17)14-15-8-4-3-5-9-15/h2-6,8-9,11,16-18,20H,1,7,10,12-14H2. The molecule has 22 heavy (non-hydrogen) atoms. The van der Waals surface area contributed by atoms with E-state index in [-0.39, 0.29) is 17.9 Å². The van der Waals surface area contributed by atoms with E-state index in [9.17, 15) is 4.79 Å². The van der Waals surface area contributed by atoms with Gasteiger partial charge in [-0.2, -0.15) is 0 Å². The van der Waals surface area contributed by atoms with Gasteiger partial charge < -0.3 is 4.90 Å². The summed E-state index contributed by atoms with van der Waals surface area (Å²) in [6.45, 7) is 5.45. The van der Waals surface area contributed by atoms with E-state index in [1.807, 2.05) is 29.2 Å². The Morgan fingerprint density at radius 1 is 1.32 bits per heavy atom. The second-order valence-corrected chi connectivity index (χ2v) is 6.20. The molecule has 0 saturated carbocycles. The maximum atomic E-state index is 13.0. The molecule has 1 aromatic carbocycles. The van der Waals surface area contributed by atoms with Crippen molar-refractivity contribution in [3.8, 4) is 0 Å². The second-order valence-electron chi connectivity index (χ2n) is 6.20. The van der Waals surface area contributed by atoms with Crippen LogP contribution >= 0.6 is 0 Å². The molecule has 0 aromatic heterocycles. The van der Waals surface area contributed by atoms with Crippen LogP contribution in [0.3, 0.4) is 0 Å². The number of benzene rings is 1. The summed E-state index contributed by atoms with van der Waals surface area (Å²) in [5.41, 5.74) is 1.19. The van der Waals surface area contributed by atoms with Gasteiger partial charge in [-0.15, -0.1) is 6.58 Å². The predicted molar refractivity (Wildman–Crippen MR) is 89.2 cm³/mol. The molecular weight excluding hydrogens is 272 g/mol. The molecule has 1 N–H and O–H groups in total. The Balaban J connectivity index is 1.80. The molecule has 0 radical (unpaired) electrons. The number of carbonyl (C=O) groups excluding carboxylic acids is 1. The van der Waals surface area contributed by atoms with Crippen molar-refractivity contribution >= 4 is 5.91 Å². The third-order valence-electron chi connectivity index (χ3n) is 4.64. The molecule has 2 heterocycles. The minimum Gasteiger partial charge on any atom is -0.337 e. The van der Waals surface area contributed by atoms with Crippen LogP contribution in [0.25, 0.3) is 0 Å². The predicted octanol–water partition coefficient (Wildman–Crippen LogP) is 2.90. The second kappa shape index (κ2) is 6.93. The van der Waals surface area contributed by atoms with Crippen LogP contribution in [-0.4, -0.2) is 29.4 Å². The summed E-state index contributed by atoms with van der Waals surface area (Å²) < 4.78 is 0. The van der Waals surface area contributed by atoms with Gasteiger partial charge in [-0.25, -0.2) is 0 Å². The molecule has 1 saturated heterocycles. The first-order valence-corrected chi connectivity index (χ1v) is 8.16. The van der Waals surface area contributed by atoms with Gasteiger partial charge in [0.2, 0.25) is 5.91 Å². The maximum Gasteiger partial charge on any atom is 0.240 e. The van der Waals surface area contributed by atoms with Gasteiger partial charge in [0.15, 0.2) is 0 Å². The first-order chi connectivity index (χ1) is 10.8.